The van der Waals surface area contributed by atoms with Gasteiger partial charge in [0.15, 0.2) is 23.5 Å². The molecule has 14 heteroatoms. The summed E-state index contributed by atoms with van der Waals surface area (Å²) in [6, 6.07) is 15.3. The zero-order chi connectivity index (χ0) is 24.5. The van der Waals surface area contributed by atoms with Gasteiger partial charge in [0.25, 0.3) is 0 Å². The smallest absolute Gasteiger partial charge is 0.325 e. The molecule has 0 unspecified atom stereocenters. The van der Waals surface area contributed by atoms with Crippen LogP contribution in [0.4, 0.5) is 11.1 Å². The van der Waals surface area contributed by atoms with Crippen LogP contribution in [-0.4, -0.2) is 45.8 Å². The van der Waals surface area contributed by atoms with Crippen LogP contribution in [-0.2, 0) is 0 Å². The number of fused-ring (bicyclic) bond motifs is 2. The number of aliphatic imine (C=N–C) groups is 2. The summed E-state index contributed by atoms with van der Waals surface area (Å²) in [7, 11) is 0. The fourth-order valence-electron chi connectivity index (χ4n) is 2.99. The SMILES string of the molecule is Cl.N=C(N)N1CCCC1.NC(N)=Nc1nc2ccccc2o1.NC(N)=Nc1nc2ccccc2s1. The molecule has 2 aromatic heterocycles. The lowest BCUT2D eigenvalue weighted by molar-refractivity contribution is 0.509. The molecule has 1 fully saturated rings. The van der Waals surface area contributed by atoms with Crippen LogP contribution < -0.4 is 28.7 Å². The molecule has 35 heavy (non-hydrogen) atoms. The molecule has 0 bridgehead atoms. The van der Waals surface area contributed by atoms with Crippen LogP contribution >= 0.6 is 23.7 Å². The van der Waals surface area contributed by atoms with Crippen molar-refractivity contribution in [2.45, 2.75) is 12.8 Å². The van der Waals surface area contributed by atoms with Gasteiger partial charge in [0.05, 0.1) is 10.2 Å². The van der Waals surface area contributed by atoms with Gasteiger partial charge < -0.3 is 38.0 Å². The van der Waals surface area contributed by atoms with E-state index in [2.05, 4.69) is 20.0 Å². The third kappa shape index (κ3) is 8.32. The van der Waals surface area contributed by atoms with Gasteiger partial charge in [-0.15, -0.1) is 12.4 Å². The van der Waals surface area contributed by atoms with Crippen LogP contribution in [0.15, 0.2) is 62.9 Å². The second kappa shape index (κ2) is 13.0. The molecule has 4 aromatic rings. The molecular formula is C21H28ClN11OS. The highest BCUT2D eigenvalue weighted by Gasteiger charge is 2.11. The quantitative estimate of drug-likeness (QED) is 0.169. The highest BCUT2D eigenvalue weighted by molar-refractivity contribution is 7.22. The number of likely N-dealkylation sites (tertiary alicyclic amines) is 1. The zero-order valence-corrected chi connectivity index (χ0v) is 20.4. The van der Waals surface area contributed by atoms with E-state index >= 15 is 0 Å². The van der Waals surface area contributed by atoms with E-state index in [4.69, 9.17) is 38.5 Å². The molecule has 5 rings (SSSR count). The van der Waals surface area contributed by atoms with Gasteiger partial charge in [-0.1, -0.05) is 35.6 Å². The molecule has 186 valence electrons. The van der Waals surface area contributed by atoms with Crippen molar-refractivity contribution < 1.29 is 4.42 Å². The first-order valence-corrected chi connectivity index (χ1v) is 11.1. The molecule has 12 nitrogen and oxygen atoms in total. The molecule has 1 aliphatic rings. The third-order valence-electron chi connectivity index (χ3n) is 4.46. The number of rotatable bonds is 2. The second-order valence-electron chi connectivity index (χ2n) is 7.08. The molecular weight excluding hydrogens is 490 g/mol. The summed E-state index contributed by atoms with van der Waals surface area (Å²) in [5, 5.41) is 7.59. The number of hydrogen-bond acceptors (Lipinski definition) is 7. The van der Waals surface area contributed by atoms with Crippen molar-refractivity contribution in [3.8, 4) is 0 Å². The Morgan fingerprint density at radius 2 is 1.46 bits per heavy atom. The molecule has 0 atom stereocenters. The molecule has 11 N–H and O–H groups in total. The average molecular weight is 518 g/mol. The van der Waals surface area contributed by atoms with Crippen molar-refractivity contribution in [3.05, 3.63) is 48.5 Å². The predicted octanol–water partition coefficient (Wildman–Crippen LogP) is 2.33. The van der Waals surface area contributed by atoms with E-state index in [0.717, 1.165) is 28.8 Å². The van der Waals surface area contributed by atoms with E-state index in [1.54, 1.807) is 6.07 Å². The number of guanidine groups is 3. The van der Waals surface area contributed by atoms with Gasteiger partial charge in [0.2, 0.25) is 5.13 Å². The van der Waals surface area contributed by atoms with Gasteiger partial charge in [-0.3, -0.25) is 5.41 Å². The average Bonchev–Trinajstić information content (AvgIpc) is 3.52. The Morgan fingerprint density at radius 1 is 0.857 bits per heavy atom. The summed E-state index contributed by atoms with van der Waals surface area (Å²) in [6.45, 7) is 1.96. The molecule has 2 aromatic carbocycles. The number of benzene rings is 2. The molecule has 0 radical (unpaired) electrons. The number of para-hydroxylation sites is 3. The van der Waals surface area contributed by atoms with Crippen LogP contribution in [0.1, 0.15) is 12.8 Å². The first-order valence-electron chi connectivity index (χ1n) is 10.3. The monoisotopic (exact) mass is 517 g/mol. The van der Waals surface area contributed by atoms with E-state index in [1.807, 2.05) is 47.4 Å². The molecule has 0 aliphatic carbocycles. The zero-order valence-electron chi connectivity index (χ0n) is 18.8. The largest absolute Gasteiger partial charge is 0.422 e. The van der Waals surface area contributed by atoms with Gasteiger partial charge in [0.1, 0.15) is 5.52 Å². The van der Waals surface area contributed by atoms with Gasteiger partial charge >= 0.3 is 6.01 Å². The fourth-order valence-corrected chi connectivity index (χ4v) is 3.85. The molecule has 3 heterocycles. The minimum absolute atomic E-state index is 0. The number of nitrogens with zero attached hydrogens (tertiary/aromatic N) is 5. The normalized spacial score (nSPS) is 11.9. The molecule has 1 saturated heterocycles. The van der Waals surface area contributed by atoms with Crippen LogP contribution in [0, 0.1) is 5.41 Å². The Labute approximate surface area is 211 Å². The molecule has 0 amide bonds. The van der Waals surface area contributed by atoms with Crippen molar-refractivity contribution in [2.75, 3.05) is 13.1 Å². The standard InChI is InChI=1S/C8H8N4O.C8H8N4S.C5H11N3.ClH/c2*9-7(10)12-8-11-5-3-1-2-4-6(5)13-8;6-5(7)8-3-1-2-4-8;/h2*1-4H,(H4,9,10,11,12);1-4H2,(H3,6,7);1H. The van der Waals surface area contributed by atoms with Crippen LogP contribution in [0.3, 0.4) is 0 Å². The van der Waals surface area contributed by atoms with Crippen molar-refractivity contribution in [1.82, 2.24) is 14.9 Å². The number of halogens is 1. The molecule has 0 saturated carbocycles. The Bertz CT molecular complexity index is 1150. The predicted molar refractivity (Wildman–Crippen MR) is 145 cm³/mol. The number of nitrogens with one attached hydrogen (secondary N) is 1. The molecule has 0 spiro atoms. The Kier molecular flexibility index (Phi) is 10.1. The number of oxazole rings is 1. The number of hydrogen-bond donors (Lipinski definition) is 6. The van der Waals surface area contributed by atoms with Crippen molar-refractivity contribution in [1.29, 1.82) is 5.41 Å². The minimum atomic E-state index is -0.0634. The van der Waals surface area contributed by atoms with E-state index in [-0.39, 0.29) is 36.3 Å². The lowest BCUT2D eigenvalue weighted by Crippen LogP contribution is -2.33. The summed E-state index contributed by atoms with van der Waals surface area (Å²) in [6.07, 6.45) is 2.39. The summed E-state index contributed by atoms with van der Waals surface area (Å²) in [4.78, 5) is 17.7. The van der Waals surface area contributed by atoms with Gasteiger partial charge in [-0.25, -0.2) is 4.98 Å². The fraction of sp³-hybridized carbons (Fsp3) is 0.190. The van der Waals surface area contributed by atoms with Crippen molar-refractivity contribution in [3.63, 3.8) is 0 Å². The third-order valence-corrected chi connectivity index (χ3v) is 5.39. The minimum Gasteiger partial charge on any atom is -0.422 e. The van der Waals surface area contributed by atoms with Crippen molar-refractivity contribution >= 4 is 74.1 Å². The topological polar surface area (TPSA) is 221 Å². The maximum atomic E-state index is 7.00. The number of thiazole rings is 1. The van der Waals surface area contributed by atoms with Gasteiger partial charge in [-0.2, -0.15) is 15.0 Å². The van der Waals surface area contributed by atoms with Crippen molar-refractivity contribution in [2.24, 2.45) is 38.7 Å². The lowest BCUT2D eigenvalue weighted by atomic mass is 10.3. The van der Waals surface area contributed by atoms with E-state index in [0.29, 0.717) is 10.7 Å². The number of aromatic nitrogens is 2. The van der Waals surface area contributed by atoms with E-state index < -0.39 is 0 Å². The van der Waals surface area contributed by atoms with Crippen LogP contribution in [0.5, 0.6) is 0 Å². The lowest BCUT2D eigenvalue weighted by Gasteiger charge is -2.12. The Morgan fingerprint density at radius 3 is 2.00 bits per heavy atom. The maximum absolute atomic E-state index is 7.00. The van der Waals surface area contributed by atoms with Gasteiger partial charge in [-0.05, 0) is 37.1 Å². The van der Waals surface area contributed by atoms with E-state index in [9.17, 15) is 0 Å². The summed E-state index contributed by atoms with van der Waals surface area (Å²) in [5.41, 5.74) is 28.4. The molecule has 1 aliphatic heterocycles. The first-order chi connectivity index (χ1) is 16.3. The highest BCUT2D eigenvalue weighted by Crippen LogP contribution is 2.27. The Hall–Kier alpha value is -4.10. The first kappa shape index (κ1) is 27.1. The highest BCUT2D eigenvalue weighted by atomic mass is 35.5. The van der Waals surface area contributed by atoms with Crippen LogP contribution in [0.25, 0.3) is 21.3 Å². The van der Waals surface area contributed by atoms with E-state index in [1.165, 1.54) is 24.2 Å². The van der Waals surface area contributed by atoms with Gasteiger partial charge in [0, 0.05) is 13.1 Å². The summed E-state index contributed by atoms with van der Waals surface area (Å²) in [5.74, 6) is 0.202. The number of nitrogens with two attached hydrogens (primary N) is 5. The Balaban J connectivity index is 0.000000188. The summed E-state index contributed by atoms with van der Waals surface area (Å²) >= 11 is 1.47. The maximum Gasteiger partial charge on any atom is 0.325 e. The second-order valence-corrected chi connectivity index (χ2v) is 8.09. The summed E-state index contributed by atoms with van der Waals surface area (Å²) < 4.78 is 6.31. The van der Waals surface area contributed by atoms with Crippen LogP contribution in [0.2, 0.25) is 0 Å².